The zero-order valence-electron chi connectivity index (χ0n) is 14.2. The summed E-state index contributed by atoms with van der Waals surface area (Å²) in [5.41, 5.74) is 0. The van der Waals surface area contributed by atoms with Crippen LogP contribution in [0.3, 0.4) is 0 Å². The van der Waals surface area contributed by atoms with Gasteiger partial charge in [0.15, 0.2) is 15.8 Å². The Morgan fingerprint density at radius 3 is 2.79 bits per heavy atom. The molecule has 1 saturated heterocycles. The Kier molecular flexibility index (Phi) is 6.22. The van der Waals surface area contributed by atoms with Gasteiger partial charge in [0.2, 0.25) is 0 Å². The van der Waals surface area contributed by atoms with Crippen molar-refractivity contribution in [1.29, 1.82) is 0 Å². The molecule has 1 aliphatic carbocycles. The topological polar surface area (TPSA) is 74.9 Å². The van der Waals surface area contributed by atoms with Crippen molar-refractivity contribution in [3.63, 3.8) is 0 Å². The molecule has 1 aromatic rings. The van der Waals surface area contributed by atoms with Crippen LogP contribution >= 0.6 is 24.0 Å². The van der Waals surface area contributed by atoms with Crippen molar-refractivity contribution in [2.45, 2.75) is 43.9 Å². The third-order valence-electron chi connectivity index (χ3n) is 4.45. The van der Waals surface area contributed by atoms with Gasteiger partial charge in [-0.15, -0.1) is 24.0 Å². The Balaban J connectivity index is 0.00000208. The lowest BCUT2D eigenvalue weighted by Gasteiger charge is -2.39. The van der Waals surface area contributed by atoms with Gasteiger partial charge < -0.3 is 14.6 Å². The summed E-state index contributed by atoms with van der Waals surface area (Å²) in [6.07, 6.45) is 4.73. The molecule has 2 aliphatic rings. The van der Waals surface area contributed by atoms with Crippen molar-refractivity contribution >= 4 is 39.8 Å². The van der Waals surface area contributed by atoms with E-state index in [0.29, 0.717) is 25.7 Å². The van der Waals surface area contributed by atoms with Gasteiger partial charge in [-0.2, -0.15) is 0 Å². The van der Waals surface area contributed by atoms with E-state index in [9.17, 15) is 8.42 Å². The van der Waals surface area contributed by atoms with Crippen LogP contribution in [0.4, 0.5) is 0 Å². The molecule has 1 saturated carbocycles. The predicted molar refractivity (Wildman–Crippen MR) is 106 cm³/mol. The summed E-state index contributed by atoms with van der Waals surface area (Å²) in [6, 6.07) is 4.31. The van der Waals surface area contributed by atoms with Crippen LogP contribution in [0.15, 0.2) is 27.8 Å². The molecular weight excluding hydrogens is 441 g/mol. The molecular formula is C16H26IN3O3S. The number of halogens is 1. The maximum absolute atomic E-state index is 12.2. The summed E-state index contributed by atoms with van der Waals surface area (Å²) in [4.78, 5) is 6.78. The summed E-state index contributed by atoms with van der Waals surface area (Å²) in [5, 5.41) is 3.46. The van der Waals surface area contributed by atoms with Crippen LogP contribution in [0.1, 0.15) is 32.4 Å². The highest BCUT2D eigenvalue weighted by atomic mass is 127. The quantitative estimate of drug-likeness (QED) is 0.417. The van der Waals surface area contributed by atoms with Gasteiger partial charge in [0.05, 0.1) is 16.8 Å². The molecule has 3 rings (SSSR count). The van der Waals surface area contributed by atoms with Gasteiger partial charge in [-0.05, 0) is 38.8 Å². The number of furan rings is 1. The van der Waals surface area contributed by atoms with E-state index in [2.05, 4.69) is 10.2 Å². The molecule has 1 aromatic heterocycles. The van der Waals surface area contributed by atoms with Gasteiger partial charge >= 0.3 is 0 Å². The van der Waals surface area contributed by atoms with E-state index < -0.39 is 14.6 Å². The third kappa shape index (κ3) is 4.65. The standard InChI is InChI=1S/C16H25N3O3S.HI/c1-16(2)12-19(9-11-23(16,20)21)15(18-13-5-6-13)17-8-7-14-4-3-10-22-14;/h3-4,10,13H,5-9,11-12H2,1-2H3,(H,17,18);1H. The molecule has 8 heteroatoms. The van der Waals surface area contributed by atoms with Gasteiger partial charge in [-0.3, -0.25) is 4.99 Å². The molecule has 136 valence electrons. The van der Waals surface area contributed by atoms with Crippen LogP contribution in [0.5, 0.6) is 0 Å². The molecule has 0 atom stereocenters. The zero-order valence-corrected chi connectivity index (χ0v) is 17.3. The lowest BCUT2D eigenvalue weighted by Crippen LogP contribution is -2.57. The van der Waals surface area contributed by atoms with Crippen LogP contribution in [-0.4, -0.2) is 55.5 Å². The summed E-state index contributed by atoms with van der Waals surface area (Å²) < 4.78 is 28.9. The molecule has 2 heterocycles. The van der Waals surface area contributed by atoms with Crippen molar-refractivity contribution in [1.82, 2.24) is 10.2 Å². The fourth-order valence-electron chi connectivity index (χ4n) is 2.70. The molecule has 0 aromatic carbocycles. The molecule has 0 unspecified atom stereocenters. The van der Waals surface area contributed by atoms with Crippen molar-refractivity contribution < 1.29 is 12.8 Å². The van der Waals surface area contributed by atoms with Crippen LogP contribution in [0.25, 0.3) is 0 Å². The average molecular weight is 467 g/mol. The van der Waals surface area contributed by atoms with Crippen molar-refractivity contribution in [3.05, 3.63) is 24.2 Å². The first-order valence-electron chi connectivity index (χ1n) is 8.18. The lowest BCUT2D eigenvalue weighted by atomic mass is 10.2. The minimum absolute atomic E-state index is 0. The molecule has 2 fully saturated rings. The minimum Gasteiger partial charge on any atom is -0.469 e. The summed E-state index contributed by atoms with van der Waals surface area (Å²) in [5.74, 6) is 1.94. The van der Waals surface area contributed by atoms with E-state index in [1.807, 2.05) is 12.1 Å². The first-order chi connectivity index (χ1) is 10.9. The minimum atomic E-state index is -3.04. The largest absolute Gasteiger partial charge is 0.469 e. The molecule has 0 radical (unpaired) electrons. The first-order valence-corrected chi connectivity index (χ1v) is 9.83. The van der Waals surface area contributed by atoms with Gasteiger partial charge in [-0.25, -0.2) is 8.42 Å². The van der Waals surface area contributed by atoms with Crippen LogP contribution in [0.2, 0.25) is 0 Å². The number of nitrogens with zero attached hydrogens (tertiary/aromatic N) is 2. The maximum atomic E-state index is 12.2. The Hall–Kier alpha value is -0.770. The normalized spacial score (nSPS) is 22.8. The molecule has 6 nitrogen and oxygen atoms in total. The van der Waals surface area contributed by atoms with E-state index in [-0.39, 0.29) is 29.7 Å². The van der Waals surface area contributed by atoms with E-state index >= 15 is 0 Å². The molecule has 0 bridgehead atoms. The van der Waals surface area contributed by atoms with E-state index in [1.54, 1.807) is 20.1 Å². The van der Waals surface area contributed by atoms with Crippen molar-refractivity contribution in [3.8, 4) is 0 Å². The second-order valence-corrected chi connectivity index (χ2v) is 9.70. The smallest absolute Gasteiger partial charge is 0.194 e. The Bertz CT molecular complexity index is 667. The Morgan fingerprint density at radius 2 is 2.21 bits per heavy atom. The van der Waals surface area contributed by atoms with Crippen LogP contribution < -0.4 is 5.32 Å². The molecule has 0 spiro atoms. The average Bonchev–Trinajstić information content (AvgIpc) is 3.14. The van der Waals surface area contributed by atoms with Crippen LogP contribution in [-0.2, 0) is 16.3 Å². The molecule has 1 aliphatic heterocycles. The predicted octanol–water partition coefficient (Wildman–Crippen LogP) is 2.06. The second kappa shape index (κ2) is 7.63. The number of sulfone groups is 1. The fraction of sp³-hybridized carbons (Fsp3) is 0.688. The summed E-state index contributed by atoms with van der Waals surface area (Å²) in [6.45, 7) is 5.21. The van der Waals surface area contributed by atoms with Gasteiger partial charge in [-0.1, -0.05) is 0 Å². The van der Waals surface area contributed by atoms with Gasteiger partial charge in [0.25, 0.3) is 0 Å². The van der Waals surface area contributed by atoms with E-state index in [0.717, 1.165) is 31.0 Å². The van der Waals surface area contributed by atoms with Gasteiger partial charge in [0.1, 0.15) is 5.76 Å². The third-order valence-corrected chi connectivity index (χ3v) is 6.99. The fourth-order valence-corrected chi connectivity index (χ4v) is 4.06. The van der Waals surface area contributed by atoms with E-state index in [1.165, 1.54) is 0 Å². The number of aliphatic imine (C=N–C) groups is 1. The van der Waals surface area contributed by atoms with Crippen LogP contribution in [0, 0.1) is 0 Å². The lowest BCUT2D eigenvalue weighted by molar-refractivity contribution is 0.352. The number of nitrogens with one attached hydrogen (secondary N) is 1. The zero-order chi connectivity index (χ0) is 16.5. The van der Waals surface area contributed by atoms with Gasteiger partial charge in [0, 0.05) is 32.1 Å². The number of guanidine groups is 1. The number of hydrogen-bond donors (Lipinski definition) is 1. The van der Waals surface area contributed by atoms with E-state index in [4.69, 9.17) is 9.41 Å². The highest BCUT2D eigenvalue weighted by Crippen LogP contribution is 2.25. The monoisotopic (exact) mass is 467 g/mol. The molecule has 1 N–H and O–H groups in total. The first kappa shape index (κ1) is 19.6. The maximum Gasteiger partial charge on any atom is 0.194 e. The molecule has 0 amide bonds. The van der Waals surface area contributed by atoms with Crippen molar-refractivity contribution in [2.24, 2.45) is 4.99 Å². The Labute approximate surface area is 161 Å². The highest BCUT2D eigenvalue weighted by molar-refractivity contribution is 14.0. The number of rotatable bonds is 4. The molecule has 24 heavy (non-hydrogen) atoms. The summed E-state index contributed by atoms with van der Waals surface area (Å²) >= 11 is 0. The SMILES string of the molecule is CC1(C)CN(C(=NCCc2ccco2)NC2CC2)CCS1(=O)=O.I. The second-order valence-electron chi connectivity index (χ2n) is 6.95. The van der Waals surface area contributed by atoms with Crippen molar-refractivity contribution in [2.75, 3.05) is 25.4 Å². The summed E-state index contributed by atoms with van der Waals surface area (Å²) in [7, 11) is -3.04. The number of hydrogen-bond acceptors (Lipinski definition) is 4. The Morgan fingerprint density at radius 1 is 1.46 bits per heavy atom. The highest BCUT2D eigenvalue weighted by Gasteiger charge is 2.41.